The summed E-state index contributed by atoms with van der Waals surface area (Å²) in [5.74, 6) is 1.69. The van der Waals surface area contributed by atoms with Gasteiger partial charge in [-0.1, -0.05) is 6.07 Å². The molecule has 1 aliphatic rings. The lowest BCUT2D eigenvalue weighted by Gasteiger charge is -2.22. The lowest BCUT2D eigenvalue weighted by atomic mass is 9.95. The quantitative estimate of drug-likeness (QED) is 0.371. The number of rotatable bonds is 8. The van der Waals surface area contributed by atoms with Crippen LogP contribution in [0.15, 0.2) is 55.1 Å². The molecule has 8 nitrogen and oxygen atoms in total. The molecule has 0 aliphatic carbocycles. The van der Waals surface area contributed by atoms with E-state index in [1.807, 2.05) is 48.9 Å². The maximum absolute atomic E-state index is 10.1. The zero-order valence-electron chi connectivity index (χ0n) is 19.9. The van der Waals surface area contributed by atoms with E-state index in [-0.39, 0.29) is 0 Å². The van der Waals surface area contributed by atoms with Crippen molar-refractivity contribution in [2.75, 3.05) is 25.0 Å². The van der Waals surface area contributed by atoms with E-state index in [9.17, 15) is 5.11 Å². The van der Waals surface area contributed by atoms with Crippen LogP contribution in [-0.2, 0) is 6.54 Å². The molecule has 1 fully saturated rings. The molecule has 3 N–H and O–H groups in total. The zero-order chi connectivity index (χ0) is 23.5. The molecule has 4 aromatic heterocycles. The largest absolute Gasteiger partial charge is 0.389 e. The normalized spacial score (nSPS) is 15.1. The molecule has 4 aromatic rings. The molecule has 0 radical (unpaired) electrons. The standard InChI is InChI=1S/C26H33N7O/c1-26(2,34)18-32-16-21(14-30-32)20-6-7-25-29-15-23(33(25)17-20)22-4-3-5-24(31-22)28-13-10-19-8-11-27-12-9-19/h3-7,14-17,19,27,34H,8-13,18H2,1-2H3,(H,28,31). The first-order valence-electron chi connectivity index (χ1n) is 12.1. The summed E-state index contributed by atoms with van der Waals surface area (Å²) >= 11 is 0. The van der Waals surface area contributed by atoms with Crippen molar-refractivity contribution in [3.05, 3.63) is 55.1 Å². The lowest BCUT2D eigenvalue weighted by Crippen LogP contribution is -2.28. The van der Waals surface area contributed by atoms with Gasteiger partial charge in [0.15, 0.2) is 0 Å². The van der Waals surface area contributed by atoms with Gasteiger partial charge in [-0.3, -0.25) is 9.08 Å². The number of pyridine rings is 2. The third kappa shape index (κ3) is 5.29. The van der Waals surface area contributed by atoms with Gasteiger partial charge in [0.25, 0.3) is 0 Å². The number of aliphatic hydroxyl groups is 1. The molecule has 0 bridgehead atoms. The summed E-state index contributed by atoms with van der Waals surface area (Å²) in [5.41, 5.74) is 3.91. The smallest absolute Gasteiger partial charge is 0.137 e. The number of piperidine rings is 1. The van der Waals surface area contributed by atoms with Gasteiger partial charge in [-0.15, -0.1) is 0 Å². The molecule has 0 spiro atoms. The van der Waals surface area contributed by atoms with Crippen LogP contribution >= 0.6 is 0 Å². The van der Waals surface area contributed by atoms with Gasteiger partial charge in [-0.05, 0) is 76.4 Å². The van der Waals surface area contributed by atoms with Crippen LogP contribution in [0.3, 0.4) is 0 Å². The van der Waals surface area contributed by atoms with Crippen LogP contribution in [0.5, 0.6) is 0 Å². The fourth-order valence-corrected chi connectivity index (χ4v) is 4.59. The molecule has 5 heterocycles. The molecule has 8 heteroatoms. The summed E-state index contributed by atoms with van der Waals surface area (Å²) in [6.45, 7) is 7.20. The number of fused-ring (bicyclic) bond motifs is 1. The first-order valence-corrected chi connectivity index (χ1v) is 12.1. The molecule has 0 unspecified atom stereocenters. The molecule has 0 aromatic carbocycles. The maximum atomic E-state index is 10.1. The highest BCUT2D eigenvalue weighted by Gasteiger charge is 2.16. The van der Waals surface area contributed by atoms with Crippen molar-refractivity contribution < 1.29 is 5.11 Å². The first-order chi connectivity index (χ1) is 16.4. The zero-order valence-corrected chi connectivity index (χ0v) is 19.9. The Morgan fingerprint density at radius 2 is 1.94 bits per heavy atom. The van der Waals surface area contributed by atoms with Crippen LogP contribution in [0.25, 0.3) is 28.2 Å². The van der Waals surface area contributed by atoms with Crippen molar-refractivity contribution in [3.63, 3.8) is 0 Å². The monoisotopic (exact) mass is 459 g/mol. The Balaban J connectivity index is 1.34. The fourth-order valence-electron chi connectivity index (χ4n) is 4.59. The highest BCUT2D eigenvalue weighted by molar-refractivity contribution is 5.67. The molecule has 1 saturated heterocycles. The van der Waals surface area contributed by atoms with Crippen molar-refractivity contribution in [1.29, 1.82) is 0 Å². The van der Waals surface area contributed by atoms with E-state index in [1.165, 1.54) is 19.3 Å². The van der Waals surface area contributed by atoms with Crippen LogP contribution in [0.4, 0.5) is 5.82 Å². The summed E-state index contributed by atoms with van der Waals surface area (Å²) in [6, 6.07) is 10.1. The Kier molecular flexibility index (Phi) is 6.34. The predicted octanol–water partition coefficient (Wildman–Crippen LogP) is 3.83. The van der Waals surface area contributed by atoms with E-state index in [4.69, 9.17) is 4.98 Å². The van der Waals surface area contributed by atoms with Gasteiger partial charge in [0.1, 0.15) is 11.5 Å². The number of hydrogen-bond acceptors (Lipinski definition) is 6. The van der Waals surface area contributed by atoms with Gasteiger partial charge in [0.05, 0.1) is 35.9 Å². The second-order valence-corrected chi connectivity index (χ2v) is 9.85. The lowest BCUT2D eigenvalue weighted by molar-refractivity contribution is 0.0577. The molecule has 1 aliphatic heterocycles. The van der Waals surface area contributed by atoms with Crippen LogP contribution < -0.4 is 10.6 Å². The van der Waals surface area contributed by atoms with Gasteiger partial charge in [-0.25, -0.2) is 9.97 Å². The Bertz CT molecular complexity index is 1250. The highest BCUT2D eigenvalue weighted by atomic mass is 16.3. The van der Waals surface area contributed by atoms with Gasteiger partial charge in [-0.2, -0.15) is 5.10 Å². The third-order valence-corrected chi connectivity index (χ3v) is 6.35. The Hall–Kier alpha value is -3.23. The first kappa shape index (κ1) is 22.6. The Morgan fingerprint density at radius 3 is 2.76 bits per heavy atom. The summed E-state index contributed by atoms with van der Waals surface area (Å²) in [6.07, 6.45) is 11.4. The number of nitrogens with zero attached hydrogens (tertiary/aromatic N) is 5. The topological polar surface area (TPSA) is 92.3 Å². The average Bonchev–Trinajstić information content (AvgIpc) is 3.45. The summed E-state index contributed by atoms with van der Waals surface area (Å²) in [7, 11) is 0. The van der Waals surface area contributed by atoms with E-state index in [0.717, 1.165) is 59.5 Å². The molecule has 5 rings (SSSR count). The second kappa shape index (κ2) is 9.56. The van der Waals surface area contributed by atoms with E-state index in [1.54, 1.807) is 18.5 Å². The molecule has 0 atom stereocenters. The minimum Gasteiger partial charge on any atom is -0.389 e. The van der Waals surface area contributed by atoms with Crippen LogP contribution in [0, 0.1) is 5.92 Å². The van der Waals surface area contributed by atoms with Crippen molar-refractivity contribution in [2.24, 2.45) is 5.92 Å². The number of imidazole rings is 1. The average molecular weight is 460 g/mol. The molecule has 0 saturated carbocycles. The minimum atomic E-state index is -0.816. The Labute approximate surface area is 200 Å². The summed E-state index contributed by atoms with van der Waals surface area (Å²) in [5, 5.41) is 21.4. The van der Waals surface area contributed by atoms with E-state index in [2.05, 4.69) is 31.3 Å². The second-order valence-electron chi connectivity index (χ2n) is 9.85. The predicted molar refractivity (Wildman–Crippen MR) is 135 cm³/mol. The van der Waals surface area contributed by atoms with Gasteiger partial charge < -0.3 is 15.7 Å². The van der Waals surface area contributed by atoms with Crippen molar-refractivity contribution in [3.8, 4) is 22.5 Å². The highest BCUT2D eigenvalue weighted by Crippen LogP contribution is 2.25. The summed E-state index contributed by atoms with van der Waals surface area (Å²) in [4.78, 5) is 9.45. The fraction of sp³-hybridized carbons (Fsp3) is 0.423. The maximum Gasteiger partial charge on any atom is 0.137 e. The number of nitrogens with one attached hydrogen (secondary N) is 2. The molecular formula is C26H33N7O. The minimum absolute atomic E-state index is 0.437. The van der Waals surface area contributed by atoms with E-state index in [0.29, 0.717) is 6.54 Å². The summed E-state index contributed by atoms with van der Waals surface area (Å²) < 4.78 is 3.85. The van der Waals surface area contributed by atoms with Gasteiger partial charge in [0, 0.05) is 30.1 Å². The van der Waals surface area contributed by atoms with Crippen molar-refractivity contribution in [1.82, 2.24) is 29.5 Å². The Morgan fingerprint density at radius 1 is 1.09 bits per heavy atom. The van der Waals surface area contributed by atoms with Crippen molar-refractivity contribution >= 4 is 11.5 Å². The third-order valence-electron chi connectivity index (χ3n) is 6.35. The molecule has 0 amide bonds. The van der Waals surface area contributed by atoms with Crippen molar-refractivity contribution in [2.45, 2.75) is 45.3 Å². The SMILES string of the molecule is CC(C)(O)Cn1cc(-c2ccc3ncc(-c4cccc(NCCC5CCNCC5)n4)n3c2)cn1. The van der Waals surface area contributed by atoms with Gasteiger partial charge in [0.2, 0.25) is 0 Å². The van der Waals surface area contributed by atoms with Crippen LogP contribution in [0.1, 0.15) is 33.1 Å². The molecule has 34 heavy (non-hydrogen) atoms. The van der Waals surface area contributed by atoms with Gasteiger partial charge >= 0.3 is 0 Å². The number of anilines is 1. The number of aromatic nitrogens is 5. The van der Waals surface area contributed by atoms with E-state index < -0.39 is 5.60 Å². The van der Waals surface area contributed by atoms with E-state index >= 15 is 0 Å². The molecular weight excluding hydrogens is 426 g/mol. The van der Waals surface area contributed by atoms with Crippen LogP contribution in [0.2, 0.25) is 0 Å². The number of hydrogen-bond donors (Lipinski definition) is 3. The molecule has 178 valence electrons. The van der Waals surface area contributed by atoms with Crippen LogP contribution in [-0.4, -0.2) is 54.5 Å².